The smallest absolute Gasteiger partial charge is 0.0693 e. The summed E-state index contributed by atoms with van der Waals surface area (Å²) < 4.78 is 5.08. The van der Waals surface area contributed by atoms with E-state index >= 15 is 0 Å². The van der Waals surface area contributed by atoms with E-state index in [1.54, 1.807) is 7.11 Å². The van der Waals surface area contributed by atoms with Crippen LogP contribution >= 0.6 is 11.8 Å². The lowest BCUT2D eigenvalue weighted by Crippen LogP contribution is -2.31. The van der Waals surface area contributed by atoms with Crippen molar-refractivity contribution in [2.45, 2.75) is 17.9 Å². The second-order valence-electron chi connectivity index (χ2n) is 3.18. The quantitative estimate of drug-likeness (QED) is 0.442. The summed E-state index contributed by atoms with van der Waals surface area (Å²) in [4.78, 5) is 1.29. The second-order valence-corrected chi connectivity index (χ2v) is 4.51. The van der Waals surface area contributed by atoms with Crippen LogP contribution in [0.4, 0.5) is 0 Å². The molecule has 3 N–H and O–H groups in total. The summed E-state index contributed by atoms with van der Waals surface area (Å²) in [5.74, 6) is 6.55. The summed E-state index contributed by atoms with van der Waals surface area (Å²) in [7, 11) is 1.67. The van der Waals surface area contributed by atoms with Crippen LogP contribution in [0.2, 0.25) is 0 Å². The van der Waals surface area contributed by atoms with Crippen LogP contribution in [-0.2, 0) is 4.74 Å². The minimum Gasteiger partial charge on any atom is -0.383 e. The normalized spacial score (nSPS) is 12.7. The number of benzene rings is 1. The second kappa shape index (κ2) is 6.85. The molecule has 4 heteroatoms. The first-order valence-corrected chi connectivity index (χ1v) is 5.98. The van der Waals surface area contributed by atoms with Gasteiger partial charge in [-0.15, -0.1) is 11.8 Å². The van der Waals surface area contributed by atoms with Gasteiger partial charge in [0.15, 0.2) is 0 Å². The predicted molar refractivity (Wildman–Crippen MR) is 64.8 cm³/mol. The van der Waals surface area contributed by atoms with Gasteiger partial charge in [-0.05, 0) is 23.4 Å². The molecule has 0 saturated carbocycles. The highest BCUT2D eigenvalue weighted by Gasteiger charge is 2.08. The fourth-order valence-corrected chi connectivity index (χ4v) is 2.03. The summed E-state index contributed by atoms with van der Waals surface area (Å²) >= 11 is 1.83. The predicted octanol–water partition coefficient (Wildman–Crippen LogP) is 1.95. The molecule has 84 valence electrons. The first kappa shape index (κ1) is 12.5. The van der Waals surface area contributed by atoms with Gasteiger partial charge in [0.2, 0.25) is 0 Å². The average molecular weight is 226 g/mol. The van der Waals surface area contributed by atoms with E-state index in [2.05, 4.69) is 36.6 Å². The maximum atomic E-state index is 5.45. The number of hydrogen-bond acceptors (Lipinski definition) is 4. The van der Waals surface area contributed by atoms with Crippen molar-refractivity contribution in [1.82, 2.24) is 5.43 Å². The molecule has 0 saturated heterocycles. The molecule has 3 nitrogen and oxygen atoms in total. The topological polar surface area (TPSA) is 47.3 Å². The fourth-order valence-electron chi connectivity index (χ4n) is 1.37. The zero-order chi connectivity index (χ0) is 11.1. The third-order valence-corrected chi connectivity index (χ3v) is 3.02. The largest absolute Gasteiger partial charge is 0.383 e. The summed E-state index contributed by atoms with van der Waals surface area (Å²) in [6, 6.07) is 8.46. The number of rotatable bonds is 6. The molecule has 0 fully saturated rings. The zero-order valence-electron chi connectivity index (χ0n) is 9.19. The first-order chi connectivity index (χ1) is 7.31. The molecule has 0 aliphatic carbocycles. The molecule has 1 unspecified atom stereocenters. The van der Waals surface area contributed by atoms with Crippen LogP contribution in [0.5, 0.6) is 0 Å². The summed E-state index contributed by atoms with van der Waals surface area (Å²) in [6.07, 6.45) is 0. The SMILES string of the molecule is CCSc1ccc(C(COC)NN)cc1. The molecule has 0 heterocycles. The van der Waals surface area contributed by atoms with Gasteiger partial charge >= 0.3 is 0 Å². The molecule has 1 rings (SSSR count). The van der Waals surface area contributed by atoms with Crippen molar-refractivity contribution in [3.63, 3.8) is 0 Å². The van der Waals surface area contributed by atoms with Gasteiger partial charge < -0.3 is 4.74 Å². The number of hydrogen-bond donors (Lipinski definition) is 2. The van der Waals surface area contributed by atoms with Gasteiger partial charge in [-0.1, -0.05) is 19.1 Å². The fraction of sp³-hybridized carbons (Fsp3) is 0.455. The van der Waals surface area contributed by atoms with Crippen molar-refractivity contribution in [3.05, 3.63) is 29.8 Å². The van der Waals surface area contributed by atoms with E-state index in [9.17, 15) is 0 Å². The summed E-state index contributed by atoms with van der Waals surface area (Å²) in [5, 5.41) is 0. The number of nitrogens with one attached hydrogen (secondary N) is 1. The monoisotopic (exact) mass is 226 g/mol. The van der Waals surface area contributed by atoms with Crippen molar-refractivity contribution in [2.75, 3.05) is 19.5 Å². The molecule has 0 aliphatic heterocycles. The minimum absolute atomic E-state index is 0.0654. The zero-order valence-corrected chi connectivity index (χ0v) is 10.0. The van der Waals surface area contributed by atoms with Crippen LogP contribution < -0.4 is 11.3 Å². The molecule has 0 aliphatic rings. The molecular formula is C11H18N2OS. The number of ether oxygens (including phenoxy) is 1. The Hall–Kier alpha value is -0.550. The lowest BCUT2D eigenvalue weighted by Gasteiger charge is -2.15. The van der Waals surface area contributed by atoms with Gasteiger partial charge in [-0.25, -0.2) is 0 Å². The highest BCUT2D eigenvalue weighted by Crippen LogP contribution is 2.20. The lowest BCUT2D eigenvalue weighted by molar-refractivity contribution is 0.167. The Kier molecular flexibility index (Phi) is 5.71. The van der Waals surface area contributed by atoms with E-state index < -0.39 is 0 Å². The third kappa shape index (κ3) is 3.83. The van der Waals surface area contributed by atoms with E-state index in [0.717, 1.165) is 11.3 Å². The van der Waals surface area contributed by atoms with Gasteiger partial charge in [0.1, 0.15) is 0 Å². The standard InChI is InChI=1S/C11H18N2OS/c1-3-15-10-6-4-9(5-7-10)11(13-12)8-14-2/h4-7,11,13H,3,8,12H2,1-2H3. The van der Waals surface area contributed by atoms with E-state index in [0.29, 0.717) is 6.61 Å². The Morgan fingerprint density at radius 1 is 1.40 bits per heavy atom. The van der Waals surface area contributed by atoms with Crippen LogP contribution in [0.25, 0.3) is 0 Å². The Bertz CT molecular complexity index is 276. The Labute approximate surface area is 95.4 Å². The summed E-state index contributed by atoms with van der Waals surface area (Å²) in [5.41, 5.74) is 3.89. The Balaban J connectivity index is 2.68. The molecule has 0 amide bonds. The van der Waals surface area contributed by atoms with E-state index in [-0.39, 0.29) is 6.04 Å². The number of nitrogens with two attached hydrogens (primary N) is 1. The van der Waals surface area contributed by atoms with Crippen LogP contribution in [-0.4, -0.2) is 19.5 Å². The van der Waals surface area contributed by atoms with Crippen LogP contribution in [0, 0.1) is 0 Å². The average Bonchev–Trinajstić information content (AvgIpc) is 2.28. The van der Waals surface area contributed by atoms with E-state index in [1.807, 2.05) is 11.8 Å². The van der Waals surface area contributed by atoms with Crippen molar-refractivity contribution < 1.29 is 4.74 Å². The van der Waals surface area contributed by atoms with Crippen LogP contribution in [0.1, 0.15) is 18.5 Å². The number of hydrazine groups is 1. The summed E-state index contributed by atoms with van der Waals surface area (Å²) in [6.45, 7) is 2.73. The molecule has 1 atom stereocenters. The van der Waals surface area contributed by atoms with Crippen molar-refractivity contribution in [3.8, 4) is 0 Å². The lowest BCUT2D eigenvalue weighted by atomic mass is 10.1. The molecule has 15 heavy (non-hydrogen) atoms. The highest BCUT2D eigenvalue weighted by molar-refractivity contribution is 7.99. The molecule has 0 radical (unpaired) electrons. The van der Waals surface area contributed by atoms with Gasteiger partial charge in [-0.2, -0.15) is 0 Å². The number of methoxy groups -OCH3 is 1. The molecular weight excluding hydrogens is 208 g/mol. The van der Waals surface area contributed by atoms with Gasteiger partial charge in [0.05, 0.1) is 12.6 Å². The Morgan fingerprint density at radius 2 is 2.07 bits per heavy atom. The molecule has 1 aromatic carbocycles. The maximum absolute atomic E-state index is 5.45. The molecule has 1 aromatic rings. The van der Waals surface area contributed by atoms with E-state index in [4.69, 9.17) is 10.6 Å². The van der Waals surface area contributed by atoms with Gasteiger partial charge in [-0.3, -0.25) is 11.3 Å². The maximum Gasteiger partial charge on any atom is 0.0693 e. The van der Waals surface area contributed by atoms with Crippen molar-refractivity contribution in [1.29, 1.82) is 0 Å². The van der Waals surface area contributed by atoms with E-state index in [1.165, 1.54) is 4.90 Å². The molecule has 0 spiro atoms. The van der Waals surface area contributed by atoms with Crippen LogP contribution in [0.3, 0.4) is 0 Å². The highest BCUT2D eigenvalue weighted by atomic mass is 32.2. The minimum atomic E-state index is 0.0654. The van der Waals surface area contributed by atoms with Gasteiger partial charge in [0, 0.05) is 12.0 Å². The Morgan fingerprint density at radius 3 is 2.53 bits per heavy atom. The third-order valence-electron chi connectivity index (χ3n) is 2.13. The van der Waals surface area contributed by atoms with Crippen LogP contribution in [0.15, 0.2) is 29.2 Å². The van der Waals surface area contributed by atoms with Crippen molar-refractivity contribution >= 4 is 11.8 Å². The van der Waals surface area contributed by atoms with Gasteiger partial charge in [0.25, 0.3) is 0 Å². The molecule has 0 bridgehead atoms. The molecule has 0 aromatic heterocycles. The first-order valence-electron chi connectivity index (χ1n) is 4.99. The number of thioether (sulfide) groups is 1. The van der Waals surface area contributed by atoms with Crippen molar-refractivity contribution in [2.24, 2.45) is 5.84 Å².